The zero-order chi connectivity index (χ0) is 16.8. The summed E-state index contributed by atoms with van der Waals surface area (Å²) in [7, 11) is 0. The number of hydrogen-bond acceptors (Lipinski definition) is 6. The van der Waals surface area contributed by atoms with Gasteiger partial charge in [-0.05, 0) is 34.8 Å². The van der Waals surface area contributed by atoms with Gasteiger partial charge in [-0.1, -0.05) is 36.4 Å². The summed E-state index contributed by atoms with van der Waals surface area (Å²) >= 11 is 3.01. The minimum atomic E-state index is -0.886. The highest BCUT2D eigenvalue weighted by Gasteiger charge is 2.29. The monoisotopic (exact) mass is 364 g/mol. The van der Waals surface area contributed by atoms with E-state index in [1.807, 2.05) is 60.1 Å². The first-order chi connectivity index (χ1) is 12.3. The zero-order valence-corrected chi connectivity index (χ0v) is 14.5. The second kappa shape index (κ2) is 5.80. The molecular formula is C18H12N4OS2. The van der Waals surface area contributed by atoms with Gasteiger partial charge in [0.1, 0.15) is 5.03 Å². The molecule has 1 aromatic carbocycles. The molecule has 1 atom stereocenters. The molecule has 0 radical (unpaired) electrons. The van der Waals surface area contributed by atoms with Crippen LogP contribution in [0.1, 0.15) is 11.8 Å². The number of fused-ring (bicyclic) bond motifs is 2. The molecule has 0 bridgehead atoms. The Morgan fingerprint density at radius 3 is 2.72 bits per heavy atom. The van der Waals surface area contributed by atoms with Crippen LogP contribution in [0.5, 0.6) is 0 Å². The number of rotatable bonds is 2. The molecule has 0 saturated carbocycles. The molecule has 0 saturated heterocycles. The van der Waals surface area contributed by atoms with Crippen molar-refractivity contribution >= 4 is 23.1 Å². The van der Waals surface area contributed by atoms with Crippen molar-refractivity contribution in [2.24, 2.45) is 0 Å². The van der Waals surface area contributed by atoms with Gasteiger partial charge in [-0.3, -0.25) is 0 Å². The molecule has 25 heavy (non-hydrogen) atoms. The summed E-state index contributed by atoms with van der Waals surface area (Å²) in [5, 5.41) is 18.7. The van der Waals surface area contributed by atoms with Gasteiger partial charge in [0.25, 0.3) is 0 Å². The molecule has 4 aromatic rings. The maximum Gasteiger partial charge on any atom is 0.195 e. The van der Waals surface area contributed by atoms with Crippen LogP contribution in [0, 0.1) is 0 Å². The molecule has 0 aliphatic carbocycles. The molecule has 4 heterocycles. The SMILES string of the molecule is O[C@@H]1c2cc(-c3ccccc3)cnc2Sc2nc(-c3cccs3)nn21. The van der Waals surface area contributed by atoms with Gasteiger partial charge in [0.05, 0.1) is 4.88 Å². The summed E-state index contributed by atoms with van der Waals surface area (Å²) in [6, 6.07) is 15.9. The van der Waals surface area contributed by atoms with Crippen molar-refractivity contribution in [3.8, 4) is 21.8 Å². The Morgan fingerprint density at radius 2 is 1.92 bits per heavy atom. The number of aliphatic hydroxyl groups is 1. The Morgan fingerprint density at radius 1 is 1.04 bits per heavy atom. The van der Waals surface area contributed by atoms with Crippen molar-refractivity contribution in [3.05, 3.63) is 65.7 Å². The number of aromatic nitrogens is 4. The lowest BCUT2D eigenvalue weighted by Crippen LogP contribution is -2.18. The van der Waals surface area contributed by atoms with Gasteiger partial charge in [-0.15, -0.1) is 16.4 Å². The maximum absolute atomic E-state index is 10.8. The van der Waals surface area contributed by atoms with Crippen molar-refractivity contribution in [1.29, 1.82) is 0 Å². The Labute approximate surface area is 152 Å². The predicted molar refractivity (Wildman–Crippen MR) is 97.5 cm³/mol. The number of benzene rings is 1. The van der Waals surface area contributed by atoms with Gasteiger partial charge in [-0.25, -0.2) is 9.67 Å². The summed E-state index contributed by atoms with van der Waals surface area (Å²) in [5.74, 6) is 0.632. The second-order valence-electron chi connectivity index (χ2n) is 5.60. The number of thiophene rings is 1. The third-order valence-corrected chi connectivity index (χ3v) is 5.89. The molecular weight excluding hydrogens is 352 g/mol. The van der Waals surface area contributed by atoms with Gasteiger partial charge in [0.15, 0.2) is 17.2 Å². The number of aliphatic hydroxyl groups excluding tert-OH is 1. The van der Waals surface area contributed by atoms with E-state index in [-0.39, 0.29) is 0 Å². The molecule has 5 nitrogen and oxygen atoms in total. The highest BCUT2D eigenvalue weighted by atomic mass is 32.2. The highest BCUT2D eigenvalue weighted by Crippen LogP contribution is 2.40. The predicted octanol–water partition coefficient (Wildman–Crippen LogP) is 4.07. The summed E-state index contributed by atoms with van der Waals surface area (Å²) in [4.78, 5) is 10.1. The van der Waals surface area contributed by atoms with E-state index in [0.29, 0.717) is 11.0 Å². The molecule has 0 fully saturated rings. The summed E-state index contributed by atoms with van der Waals surface area (Å²) < 4.78 is 1.57. The van der Waals surface area contributed by atoms with E-state index in [9.17, 15) is 5.11 Å². The first-order valence-corrected chi connectivity index (χ1v) is 9.41. The normalized spacial score (nSPS) is 15.6. The minimum Gasteiger partial charge on any atom is -0.368 e. The van der Waals surface area contributed by atoms with Crippen LogP contribution in [0.2, 0.25) is 0 Å². The van der Waals surface area contributed by atoms with Crippen molar-refractivity contribution < 1.29 is 5.11 Å². The van der Waals surface area contributed by atoms with Gasteiger partial charge in [-0.2, -0.15) is 4.98 Å². The molecule has 1 aliphatic heterocycles. The fraction of sp³-hybridized carbons (Fsp3) is 0.0556. The average Bonchev–Trinajstić information content (AvgIpc) is 3.32. The van der Waals surface area contributed by atoms with Gasteiger partial charge in [0, 0.05) is 17.3 Å². The Kier molecular flexibility index (Phi) is 3.44. The van der Waals surface area contributed by atoms with Gasteiger partial charge in [0.2, 0.25) is 0 Å². The smallest absolute Gasteiger partial charge is 0.195 e. The van der Waals surface area contributed by atoms with Crippen LogP contribution >= 0.6 is 23.1 Å². The van der Waals surface area contributed by atoms with Crippen molar-refractivity contribution in [2.75, 3.05) is 0 Å². The highest BCUT2D eigenvalue weighted by molar-refractivity contribution is 7.99. The summed E-state index contributed by atoms with van der Waals surface area (Å²) in [5.41, 5.74) is 2.79. The second-order valence-corrected chi connectivity index (χ2v) is 7.50. The molecule has 1 N–H and O–H groups in total. The number of nitrogens with zero attached hydrogens (tertiary/aromatic N) is 4. The van der Waals surface area contributed by atoms with Crippen LogP contribution in [0.3, 0.4) is 0 Å². The Balaban J connectivity index is 1.57. The lowest BCUT2D eigenvalue weighted by Gasteiger charge is -2.21. The topological polar surface area (TPSA) is 63.8 Å². The first kappa shape index (κ1) is 14.8. The van der Waals surface area contributed by atoms with E-state index >= 15 is 0 Å². The molecule has 0 amide bonds. The number of hydrogen-bond donors (Lipinski definition) is 1. The average molecular weight is 364 g/mol. The van der Waals surface area contributed by atoms with Crippen LogP contribution in [0.25, 0.3) is 21.8 Å². The van der Waals surface area contributed by atoms with Crippen LogP contribution < -0.4 is 0 Å². The van der Waals surface area contributed by atoms with Gasteiger partial charge < -0.3 is 5.11 Å². The van der Waals surface area contributed by atoms with Crippen molar-refractivity contribution in [3.63, 3.8) is 0 Å². The van der Waals surface area contributed by atoms with E-state index < -0.39 is 6.23 Å². The standard InChI is InChI=1S/C18H12N4OS2/c23-17-13-9-12(11-5-2-1-3-6-11)10-19-16(13)25-18-20-15(21-22(17)18)14-7-4-8-24-14/h1-10,17,23H/t17-/m1/s1. The van der Waals surface area contributed by atoms with Gasteiger partial charge >= 0.3 is 0 Å². The van der Waals surface area contributed by atoms with Crippen LogP contribution in [0.4, 0.5) is 0 Å². The molecule has 3 aromatic heterocycles. The van der Waals surface area contributed by atoms with Crippen molar-refractivity contribution in [1.82, 2.24) is 19.7 Å². The quantitative estimate of drug-likeness (QED) is 0.581. The van der Waals surface area contributed by atoms with E-state index in [1.54, 1.807) is 16.0 Å². The third-order valence-electron chi connectivity index (χ3n) is 4.03. The summed E-state index contributed by atoms with van der Waals surface area (Å²) in [6.07, 6.45) is 0.948. The maximum atomic E-state index is 10.8. The fourth-order valence-corrected chi connectivity index (χ4v) is 4.37. The Bertz CT molecular complexity index is 1040. The molecule has 0 spiro atoms. The van der Waals surface area contributed by atoms with Crippen LogP contribution in [0.15, 0.2) is 70.3 Å². The van der Waals surface area contributed by atoms with E-state index in [0.717, 1.165) is 26.6 Å². The molecule has 7 heteroatoms. The minimum absolute atomic E-state index is 0.632. The lowest BCUT2D eigenvalue weighted by molar-refractivity contribution is 0.115. The largest absolute Gasteiger partial charge is 0.368 e. The fourth-order valence-electron chi connectivity index (χ4n) is 2.79. The molecule has 122 valence electrons. The number of pyridine rings is 1. The van der Waals surface area contributed by atoms with Crippen molar-refractivity contribution in [2.45, 2.75) is 16.4 Å². The third kappa shape index (κ3) is 2.48. The molecule has 0 unspecified atom stereocenters. The van der Waals surface area contributed by atoms with E-state index in [4.69, 9.17) is 0 Å². The molecule has 1 aliphatic rings. The van der Waals surface area contributed by atoms with E-state index in [1.165, 1.54) is 11.8 Å². The van der Waals surface area contributed by atoms with Crippen LogP contribution in [-0.2, 0) is 0 Å². The lowest BCUT2D eigenvalue weighted by atomic mass is 10.1. The Hall–Kier alpha value is -2.48. The van der Waals surface area contributed by atoms with E-state index in [2.05, 4.69) is 15.1 Å². The summed E-state index contributed by atoms with van der Waals surface area (Å²) in [6.45, 7) is 0. The first-order valence-electron chi connectivity index (χ1n) is 7.71. The zero-order valence-electron chi connectivity index (χ0n) is 12.9. The van der Waals surface area contributed by atoms with Crippen LogP contribution in [-0.4, -0.2) is 24.9 Å². The molecule has 5 rings (SSSR count).